The number of hydrogen-bond acceptors (Lipinski definition) is 5. The third-order valence-electron chi connectivity index (χ3n) is 2.95. The molecule has 1 amide bonds. The lowest BCUT2D eigenvalue weighted by molar-refractivity contribution is -0.152. The molecule has 0 unspecified atom stereocenters. The Bertz CT molecular complexity index is 652. The van der Waals surface area contributed by atoms with Crippen molar-refractivity contribution >= 4 is 28.3 Å². The van der Waals surface area contributed by atoms with Crippen LogP contribution in [0.3, 0.4) is 0 Å². The Kier molecular flexibility index (Phi) is 5.27. The SMILES string of the molecule is CC(=O)O[C@H](C(=O)Nc1ncc(C(C)C)s1)c1ccccc1. The Balaban J connectivity index is 2.16. The summed E-state index contributed by atoms with van der Waals surface area (Å²) in [6, 6.07) is 8.91. The third kappa shape index (κ3) is 4.14. The average Bonchev–Trinajstić information content (AvgIpc) is 2.94. The van der Waals surface area contributed by atoms with E-state index in [4.69, 9.17) is 4.74 Å². The van der Waals surface area contributed by atoms with E-state index in [1.807, 2.05) is 6.07 Å². The minimum Gasteiger partial charge on any atom is -0.447 e. The molecule has 2 aromatic rings. The quantitative estimate of drug-likeness (QED) is 0.857. The fourth-order valence-electron chi connectivity index (χ4n) is 1.85. The van der Waals surface area contributed by atoms with Crippen molar-refractivity contribution in [3.8, 4) is 0 Å². The van der Waals surface area contributed by atoms with E-state index >= 15 is 0 Å². The molecular weight excluding hydrogens is 300 g/mol. The van der Waals surface area contributed by atoms with Crippen LogP contribution in [0.4, 0.5) is 5.13 Å². The highest BCUT2D eigenvalue weighted by molar-refractivity contribution is 7.15. The van der Waals surface area contributed by atoms with E-state index in [1.165, 1.54) is 18.3 Å². The van der Waals surface area contributed by atoms with Gasteiger partial charge in [-0.2, -0.15) is 0 Å². The Morgan fingerprint density at radius 3 is 2.45 bits per heavy atom. The van der Waals surface area contributed by atoms with Gasteiger partial charge in [0.05, 0.1) is 0 Å². The number of hydrogen-bond donors (Lipinski definition) is 1. The zero-order valence-corrected chi connectivity index (χ0v) is 13.5. The van der Waals surface area contributed by atoms with Crippen molar-refractivity contribution in [1.82, 2.24) is 4.98 Å². The number of anilines is 1. The monoisotopic (exact) mass is 318 g/mol. The zero-order valence-electron chi connectivity index (χ0n) is 12.7. The number of aromatic nitrogens is 1. The van der Waals surface area contributed by atoms with Crippen LogP contribution in [0.25, 0.3) is 0 Å². The van der Waals surface area contributed by atoms with Crippen LogP contribution in [0.15, 0.2) is 36.5 Å². The lowest BCUT2D eigenvalue weighted by Crippen LogP contribution is -2.25. The van der Waals surface area contributed by atoms with Crippen LogP contribution in [0.5, 0.6) is 0 Å². The van der Waals surface area contributed by atoms with E-state index in [2.05, 4.69) is 24.1 Å². The van der Waals surface area contributed by atoms with Crippen molar-refractivity contribution in [1.29, 1.82) is 0 Å². The maximum Gasteiger partial charge on any atom is 0.303 e. The first kappa shape index (κ1) is 16.2. The minimum absolute atomic E-state index is 0.349. The number of esters is 1. The Labute approximate surface area is 133 Å². The van der Waals surface area contributed by atoms with Crippen LogP contribution in [0.1, 0.15) is 43.2 Å². The largest absolute Gasteiger partial charge is 0.447 e. The molecule has 0 bridgehead atoms. The van der Waals surface area contributed by atoms with Gasteiger partial charge in [-0.05, 0) is 5.92 Å². The zero-order chi connectivity index (χ0) is 16.1. The second kappa shape index (κ2) is 7.17. The molecule has 1 aromatic heterocycles. The summed E-state index contributed by atoms with van der Waals surface area (Å²) >= 11 is 1.42. The van der Waals surface area contributed by atoms with E-state index in [1.54, 1.807) is 30.5 Å². The van der Waals surface area contributed by atoms with E-state index in [0.717, 1.165) is 4.88 Å². The summed E-state index contributed by atoms with van der Waals surface area (Å²) in [7, 11) is 0. The summed E-state index contributed by atoms with van der Waals surface area (Å²) < 4.78 is 5.15. The van der Waals surface area contributed by atoms with Gasteiger partial charge < -0.3 is 4.74 Å². The fraction of sp³-hybridized carbons (Fsp3) is 0.312. The van der Waals surface area contributed by atoms with Crippen molar-refractivity contribution in [2.24, 2.45) is 0 Å². The Morgan fingerprint density at radius 2 is 1.91 bits per heavy atom. The van der Waals surface area contributed by atoms with Crippen LogP contribution in [0.2, 0.25) is 0 Å². The van der Waals surface area contributed by atoms with Gasteiger partial charge in [0.25, 0.3) is 5.91 Å². The standard InChI is InChI=1S/C16H18N2O3S/c1-10(2)13-9-17-16(22-13)18-15(20)14(21-11(3)19)12-7-5-4-6-8-12/h4-10,14H,1-3H3,(H,17,18,20)/t14-/m0/s1. The second-order valence-electron chi connectivity index (χ2n) is 5.11. The lowest BCUT2D eigenvalue weighted by Gasteiger charge is -2.16. The number of thiazole rings is 1. The van der Waals surface area contributed by atoms with Crippen LogP contribution in [-0.4, -0.2) is 16.9 Å². The molecule has 0 aliphatic heterocycles. The summed E-state index contributed by atoms with van der Waals surface area (Å²) in [6.07, 6.45) is 0.763. The van der Waals surface area contributed by atoms with E-state index < -0.39 is 18.0 Å². The number of carbonyl (C=O) groups excluding carboxylic acids is 2. The summed E-state index contributed by atoms with van der Waals surface area (Å²) in [5, 5.41) is 3.21. The number of carbonyl (C=O) groups is 2. The molecule has 2 rings (SSSR count). The number of nitrogens with one attached hydrogen (secondary N) is 1. The lowest BCUT2D eigenvalue weighted by atomic mass is 10.1. The summed E-state index contributed by atoms with van der Waals surface area (Å²) in [5.41, 5.74) is 0.621. The number of ether oxygens (including phenoxy) is 1. The van der Waals surface area contributed by atoms with Crippen molar-refractivity contribution in [2.75, 3.05) is 5.32 Å². The predicted molar refractivity (Wildman–Crippen MR) is 85.8 cm³/mol. The van der Waals surface area contributed by atoms with Gasteiger partial charge in [-0.15, -0.1) is 11.3 Å². The maximum absolute atomic E-state index is 12.4. The second-order valence-corrected chi connectivity index (χ2v) is 6.17. The molecule has 0 fully saturated rings. The molecule has 1 aromatic carbocycles. The van der Waals surface area contributed by atoms with E-state index in [9.17, 15) is 9.59 Å². The van der Waals surface area contributed by atoms with Gasteiger partial charge in [0.15, 0.2) is 5.13 Å². The molecule has 0 radical (unpaired) electrons. The molecule has 6 heteroatoms. The van der Waals surface area contributed by atoms with Gasteiger partial charge in [-0.1, -0.05) is 44.2 Å². The number of benzene rings is 1. The number of nitrogens with zero attached hydrogens (tertiary/aromatic N) is 1. The minimum atomic E-state index is -0.981. The summed E-state index contributed by atoms with van der Waals surface area (Å²) in [6.45, 7) is 5.40. The van der Waals surface area contributed by atoms with E-state index in [0.29, 0.717) is 16.6 Å². The molecule has 0 aliphatic carbocycles. The first-order valence-corrected chi connectivity index (χ1v) is 7.77. The van der Waals surface area contributed by atoms with Gasteiger partial charge in [0, 0.05) is 23.6 Å². The molecule has 1 heterocycles. The van der Waals surface area contributed by atoms with Crippen LogP contribution in [0, 0.1) is 0 Å². The van der Waals surface area contributed by atoms with Gasteiger partial charge in [0.1, 0.15) is 0 Å². The molecular formula is C16H18N2O3S. The molecule has 0 saturated heterocycles. The highest BCUT2D eigenvalue weighted by Gasteiger charge is 2.24. The molecule has 5 nitrogen and oxygen atoms in total. The average molecular weight is 318 g/mol. The molecule has 0 saturated carbocycles. The molecule has 1 N–H and O–H groups in total. The molecule has 0 aliphatic rings. The van der Waals surface area contributed by atoms with Crippen molar-refractivity contribution in [3.63, 3.8) is 0 Å². The summed E-state index contributed by atoms with van der Waals surface area (Å²) in [5.74, 6) is -0.571. The van der Waals surface area contributed by atoms with Crippen molar-refractivity contribution in [2.45, 2.75) is 32.8 Å². The highest BCUT2D eigenvalue weighted by Crippen LogP contribution is 2.27. The summed E-state index contributed by atoms with van der Waals surface area (Å²) in [4.78, 5) is 28.9. The topological polar surface area (TPSA) is 68.3 Å². The van der Waals surface area contributed by atoms with Crippen LogP contribution < -0.4 is 5.32 Å². The van der Waals surface area contributed by atoms with Crippen molar-refractivity contribution < 1.29 is 14.3 Å². The fourth-order valence-corrected chi connectivity index (χ4v) is 2.67. The normalized spacial score (nSPS) is 12.0. The Morgan fingerprint density at radius 1 is 1.23 bits per heavy atom. The molecule has 22 heavy (non-hydrogen) atoms. The van der Waals surface area contributed by atoms with Crippen molar-refractivity contribution in [3.05, 3.63) is 47.0 Å². The first-order chi connectivity index (χ1) is 10.5. The van der Waals surface area contributed by atoms with Gasteiger partial charge in [0.2, 0.25) is 6.10 Å². The Hall–Kier alpha value is -2.21. The van der Waals surface area contributed by atoms with Gasteiger partial charge in [-0.25, -0.2) is 4.98 Å². The van der Waals surface area contributed by atoms with Gasteiger partial charge in [-0.3, -0.25) is 14.9 Å². The van der Waals surface area contributed by atoms with E-state index in [-0.39, 0.29) is 0 Å². The highest BCUT2D eigenvalue weighted by atomic mass is 32.1. The molecule has 1 atom stereocenters. The van der Waals surface area contributed by atoms with Crippen LogP contribution in [-0.2, 0) is 14.3 Å². The first-order valence-electron chi connectivity index (χ1n) is 6.96. The van der Waals surface area contributed by atoms with Gasteiger partial charge >= 0.3 is 5.97 Å². The maximum atomic E-state index is 12.4. The predicted octanol–water partition coefficient (Wildman–Crippen LogP) is 3.51. The van der Waals surface area contributed by atoms with Crippen LogP contribution >= 0.6 is 11.3 Å². The molecule has 0 spiro atoms. The third-order valence-corrected chi connectivity index (χ3v) is 4.16. The number of rotatable bonds is 5. The smallest absolute Gasteiger partial charge is 0.303 e. The number of amides is 1. The molecule has 116 valence electrons.